The molecule has 0 fully saturated rings. The van der Waals surface area contributed by atoms with Gasteiger partial charge in [0.05, 0.1) is 0 Å². The van der Waals surface area contributed by atoms with Crippen molar-refractivity contribution in [2.24, 2.45) is 0 Å². The lowest BCUT2D eigenvalue weighted by Crippen LogP contribution is -2.14. The molecule has 0 radical (unpaired) electrons. The predicted molar refractivity (Wildman–Crippen MR) is 125 cm³/mol. The number of hydrogen-bond acceptors (Lipinski definition) is 1. The van der Waals surface area contributed by atoms with Crippen molar-refractivity contribution >= 4 is 0 Å². The van der Waals surface area contributed by atoms with Gasteiger partial charge in [-0.1, -0.05) is 136 Å². The van der Waals surface area contributed by atoms with Gasteiger partial charge < -0.3 is 5.32 Å². The Morgan fingerprint density at radius 3 is 1.11 bits per heavy atom. The second-order valence-electron chi connectivity index (χ2n) is 8.55. The molecular weight excluding hydrogens is 326 g/mol. The lowest BCUT2D eigenvalue weighted by atomic mass is 10.0. The van der Waals surface area contributed by atoms with Gasteiger partial charge in [0.1, 0.15) is 0 Å². The molecule has 0 saturated heterocycles. The summed E-state index contributed by atoms with van der Waals surface area (Å²) in [7, 11) is 0. The smallest absolute Gasteiger partial charge is 0.0290 e. The molecule has 0 bridgehead atoms. The van der Waals surface area contributed by atoms with E-state index in [9.17, 15) is 0 Å². The molecule has 0 aromatic rings. The average Bonchev–Trinajstić information content (AvgIpc) is 2.66. The van der Waals surface area contributed by atoms with Crippen LogP contribution in [0.5, 0.6) is 0 Å². The highest BCUT2D eigenvalue weighted by Crippen LogP contribution is 2.14. The van der Waals surface area contributed by atoms with Gasteiger partial charge in [-0.05, 0) is 18.9 Å². The van der Waals surface area contributed by atoms with E-state index < -0.39 is 0 Å². The first kappa shape index (κ1) is 26.3. The van der Waals surface area contributed by atoms with Crippen molar-refractivity contribution < 1.29 is 0 Å². The minimum Gasteiger partial charge on any atom is -0.385 e. The van der Waals surface area contributed by atoms with Crippen LogP contribution in [0, 0.1) is 0 Å². The number of unbranched alkanes of at least 4 members (excludes halogenated alkanes) is 18. The first-order valence-corrected chi connectivity index (χ1v) is 12.3. The molecule has 0 rings (SSSR count). The summed E-state index contributed by atoms with van der Waals surface area (Å²) >= 11 is 0. The molecule has 0 amide bonds. The van der Waals surface area contributed by atoms with Gasteiger partial charge in [0.25, 0.3) is 0 Å². The average molecular weight is 378 g/mol. The highest BCUT2D eigenvalue weighted by molar-refractivity contribution is 5.20. The number of rotatable bonds is 22. The van der Waals surface area contributed by atoms with Crippen LogP contribution < -0.4 is 5.32 Å². The second kappa shape index (κ2) is 21.6. The Kier molecular flexibility index (Phi) is 21.0. The van der Waals surface area contributed by atoms with Crippen LogP contribution in [0.2, 0.25) is 0 Å². The SMILES string of the molecule is C=C(C)C(=C)NCCCCCCCCCCCCCCCCCCCCC. The Labute approximate surface area is 172 Å². The van der Waals surface area contributed by atoms with Gasteiger partial charge in [-0.2, -0.15) is 0 Å². The molecule has 0 aliphatic heterocycles. The van der Waals surface area contributed by atoms with Crippen LogP contribution >= 0.6 is 0 Å². The third-order valence-electron chi connectivity index (χ3n) is 5.63. The number of hydrogen-bond donors (Lipinski definition) is 1. The fourth-order valence-corrected chi connectivity index (χ4v) is 3.59. The molecule has 160 valence electrons. The van der Waals surface area contributed by atoms with Crippen molar-refractivity contribution in [3.05, 3.63) is 24.4 Å². The van der Waals surface area contributed by atoms with Crippen molar-refractivity contribution in [1.82, 2.24) is 5.32 Å². The summed E-state index contributed by atoms with van der Waals surface area (Å²) in [5, 5.41) is 3.34. The second-order valence-corrected chi connectivity index (χ2v) is 8.55. The monoisotopic (exact) mass is 377 g/mol. The minimum atomic E-state index is 0.998. The zero-order chi connectivity index (χ0) is 20.0. The lowest BCUT2D eigenvalue weighted by molar-refractivity contribution is 0.522. The van der Waals surface area contributed by atoms with Crippen molar-refractivity contribution in [3.63, 3.8) is 0 Å². The summed E-state index contributed by atoms with van der Waals surface area (Å²) in [6, 6.07) is 0. The molecule has 1 nitrogen and oxygen atoms in total. The molecule has 1 N–H and O–H groups in total. The van der Waals surface area contributed by atoms with Crippen LogP contribution in [0.3, 0.4) is 0 Å². The Bertz CT molecular complexity index is 331. The maximum absolute atomic E-state index is 3.96. The maximum Gasteiger partial charge on any atom is 0.0290 e. The molecule has 27 heavy (non-hydrogen) atoms. The third-order valence-corrected chi connectivity index (χ3v) is 5.63. The molecule has 1 heteroatoms. The van der Waals surface area contributed by atoms with Gasteiger partial charge in [-0.15, -0.1) is 0 Å². The van der Waals surface area contributed by atoms with E-state index in [1.165, 1.54) is 122 Å². The molecule has 0 saturated carbocycles. The third kappa shape index (κ3) is 21.4. The van der Waals surface area contributed by atoms with Gasteiger partial charge in [0.2, 0.25) is 0 Å². The van der Waals surface area contributed by atoms with Crippen molar-refractivity contribution in [2.45, 2.75) is 136 Å². The van der Waals surface area contributed by atoms with Gasteiger partial charge in [0, 0.05) is 12.2 Å². The van der Waals surface area contributed by atoms with Crippen LogP contribution in [-0.2, 0) is 0 Å². The number of nitrogens with one attached hydrogen (secondary N) is 1. The Hall–Kier alpha value is -0.720. The molecular formula is C26H51N. The highest BCUT2D eigenvalue weighted by Gasteiger charge is 1.96. The molecule has 0 aliphatic rings. The molecule has 0 spiro atoms. The zero-order valence-electron chi connectivity index (χ0n) is 19.1. The summed E-state index contributed by atoms with van der Waals surface area (Å²) in [6.07, 6.45) is 27.2. The van der Waals surface area contributed by atoms with Crippen molar-refractivity contribution in [2.75, 3.05) is 6.54 Å². The van der Waals surface area contributed by atoms with E-state index >= 15 is 0 Å². The minimum absolute atomic E-state index is 0.998. The standard InChI is InChI=1S/C26H51N/c1-5-6-7-8-9-10-11-12-13-14-15-16-17-18-19-20-21-22-23-24-27-26(4)25(2)3/h27H,2,4-24H2,1,3H3. The molecule has 0 aromatic carbocycles. The van der Waals surface area contributed by atoms with Gasteiger partial charge >= 0.3 is 0 Å². The molecule has 0 unspecified atom stereocenters. The van der Waals surface area contributed by atoms with E-state index in [-0.39, 0.29) is 0 Å². The molecule has 0 heterocycles. The summed E-state index contributed by atoms with van der Waals surface area (Å²) in [4.78, 5) is 0. The summed E-state index contributed by atoms with van der Waals surface area (Å²) < 4.78 is 0. The Balaban J connectivity index is 3.05. The van der Waals surface area contributed by atoms with E-state index in [0.29, 0.717) is 0 Å². The maximum atomic E-state index is 3.96. The van der Waals surface area contributed by atoms with Gasteiger partial charge in [0.15, 0.2) is 0 Å². The first-order chi connectivity index (χ1) is 13.2. The lowest BCUT2D eigenvalue weighted by Gasteiger charge is -2.08. The first-order valence-electron chi connectivity index (χ1n) is 12.3. The van der Waals surface area contributed by atoms with Gasteiger partial charge in [-0.25, -0.2) is 0 Å². The molecule has 0 atom stereocenters. The molecule has 0 aliphatic carbocycles. The summed E-state index contributed by atoms with van der Waals surface area (Å²) in [6.45, 7) is 13.2. The van der Waals surface area contributed by atoms with E-state index in [1.54, 1.807) is 0 Å². The quantitative estimate of drug-likeness (QED) is 0.146. The van der Waals surface area contributed by atoms with E-state index in [0.717, 1.165) is 17.8 Å². The topological polar surface area (TPSA) is 12.0 Å². The largest absolute Gasteiger partial charge is 0.385 e. The summed E-state index contributed by atoms with van der Waals surface area (Å²) in [5.41, 5.74) is 2.05. The van der Waals surface area contributed by atoms with Crippen LogP contribution in [-0.4, -0.2) is 6.54 Å². The van der Waals surface area contributed by atoms with Crippen molar-refractivity contribution in [3.8, 4) is 0 Å². The van der Waals surface area contributed by atoms with E-state index in [4.69, 9.17) is 0 Å². The van der Waals surface area contributed by atoms with Crippen LogP contribution in [0.4, 0.5) is 0 Å². The normalized spacial score (nSPS) is 10.9. The molecule has 0 aromatic heterocycles. The van der Waals surface area contributed by atoms with Crippen LogP contribution in [0.25, 0.3) is 0 Å². The van der Waals surface area contributed by atoms with E-state index in [2.05, 4.69) is 25.4 Å². The fourth-order valence-electron chi connectivity index (χ4n) is 3.59. The number of allylic oxidation sites excluding steroid dienone is 1. The predicted octanol–water partition coefficient (Wildman–Crippen LogP) is 9.10. The van der Waals surface area contributed by atoms with Crippen molar-refractivity contribution in [1.29, 1.82) is 0 Å². The van der Waals surface area contributed by atoms with Crippen LogP contribution in [0.15, 0.2) is 24.4 Å². The summed E-state index contributed by atoms with van der Waals surface area (Å²) in [5.74, 6) is 0. The Morgan fingerprint density at radius 2 is 0.815 bits per heavy atom. The zero-order valence-corrected chi connectivity index (χ0v) is 19.1. The van der Waals surface area contributed by atoms with Gasteiger partial charge in [-0.3, -0.25) is 0 Å². The van der Waals surface area contributed by atoms with E-state index in [1.807, 2.05) is 6.92 Å². The Morgan fingerprint density at radius 1 is 0.519 bits per heavy atom. The highest BCUT2D eigenvalue weighted by atomic mass is 14.9. The fraction of sp³-hybridized carbons (Fsp3) is 0.846. The van der Waals surface area contributed by atoms with Crippen LogP contribution in [0.1, 0.15) is 136 Å².